The fourth-order valence-electron chi connectivity index (χ4n) is 3.80. The van der Waals surface area contributed by atoms with Crippen LogP contribution in [0.25, 0.3) is 0 Å². The van der Waals surface area contributed by atoms with Gasteiger partial charge in [0.2, 0.25) is 0 Å². The third kappa shape index (κ3) is 3.13. The SMILES string of the molecule is COCC1CN(C(=O)NCc2ccco2)CC12CCNCC2. The Hall–Kier alpha value is -1.53. The molecule has 2 aliphatic heterocycles. The molecular formula is C16H25N3O3. The van der Waals surface area contributed by atoms with E-state index in [0.717, 1.165) is 51.4 Å². The van der Waals surface area contributed by atoms with Crippen LogP contribution in [0.4, 0.5) is 4.79 Å². The Morgan fingerprint density at radius 1 is 1.55 bits per heavy atom. The van der Waals surface area contributed by atoms with Gasteiger partial charge in [-0.3, -0.25) is 0 Å². The van der Waals surface area contributed by atoms with Crippen molar-refractivity contribution in [3.63, 3.8) is 0 Å². The average Bonchev–Trinajstić information content (AvgIpc) is 3.16. The van der Waals surface area contributed by atoms with Gasteiger partial charge < -0.3 is 24.7 Å². The van der Waals surface area contributed by atoms with E-state index in [1.807, 2.05) is 17.0 Å². The highest BCUT2D eigenvalue weighted by atomic mass is 16.5. The van der Waals surface area contributed by atoms with Crippen molar-refractivity contribution in [3.8, 4) is 0 Å². The molecule has 6 heteroatoms. The molecule has 2 aliphatic rings. The van der Waals surface area contributed by atoms with Crippen molar-refractivity contribution in [3.05, 3.63) is 24.2 Å². The lowest BCUT2D eigenvalue weighted by Crippen LogP contribution is -2.44. The van der Waals surface area contributed by atoms with Crippen molar-refractivity contribution in [1.29, 1.82) is 0 Å². The van der Waals surface area contributed by atoms with E-state index in [-0.39, 0.29) is 11.4 Å². The normalized spacial score (nSPS) is 23.9. The second kappa shape index (κ2) is 6.71. The van der Waals surface area contributed by atoms with Crippen molar-refractivity contribution < 1.29 is 13.9 Å². The minimum atomic E-state index is -0.00656. The van der Waals surface area contributed by atoms with Crippen LogP contribution in [0.5, 0.6) is 0 Å². The van der Waals surface area contributed by atoms with Crippen LogP contribution in [0.3, 0.4) is 0 Å². The number of furan rings is 1. The first kappa shape index (κ1) is 15.4. The molecule has 2 N–H and O–H groups in total. The predicted octanol–water partition coefficient (Wildman–Crippen LogP) is 1.44. The standard InChI is InChI=1S/C16H25N3O3/c1-21-11-13-10-19(12-16(13)4-6-17-7-5-16)15(20)18-9-14-3-2-8-22-14/h2-3,8,13,17H,4-7,9-12H2,1H3,(H,18,20). The summed E-state index contributed by atoms with van der Waals surface area (Å²) in [6.07, 6.45) is 3.85. The Morgan fingerprint density at radius 2 is 2.36 bits per heavy atom. The highest BCUT2D eigenvalue weighted by molar-refractivity contribution is 5.74. The van der Waals surface area contributed by atoms with Crippen LogP contribution in [-0.4, -0.2) is 50.8 Å². The number of hydrogen-bond donors (Lipinski definition) is 2. The van der Waals surface area contributed by atoms with Gasteiger partial charge in [-0.05, 0) is 43.5 Å². The number of hydrogen-bond acceptors (Lipinski definition) is 4. The number of methoxy groups -OCH3 is 1. The molecule has 3 rings (SSSR count). The maximum absolute atomic E-state index is 12.4. The van der Waals surface area contributed by atoms with Gasteiger partial charge in [0, 0.05) is 26.1 Å². The number of urea groups is 1. The number of ether oxygens (including phenoxy) is 1. The molecule has 1 atom stereocenters. The van der Waals surface area contributed by atoms with Crippen LogP contribution in [0.2, 0.25) is 0 Å². The zero-order chi connectivity index (χ0) is 15.4. The third-order valence-corrected chi connectivity index (χ3v) is 5.06. The van der Waals surface area contributed by atoms with E-state index in [9.17, 15) is 4.79 Å². The first-order chi connectivity index (χ1) is 10.7. The van der Waals surface area contributed by atoms with Gasteiger partial charge in [-0.1, -0.05) is 0 Å². The number of carbonyl (C=O) groups excluding carboxylic acids is 1. The average molecular weight is 307 g/mol. The van der Waals surface area contributed by atoms with E-state index in [2.05, 4.69) is 10.6 Å². The quantitative estimate of drug-likeness (QED) is 0.883. The highest BCUT2D eigenvalue weighted by Gasteiger charge is 2.48. The van der Waals surface area contributed by atoms with Crippen LogP contribution in [0.1, 0.15) is 18.6 Å². The van der Waals surface area contributed by atoms with Crippen molar-refractivity contribution in [2.45, 2.75) is 19.4 Å². The lowest BCUT2D eigenvalue weighted by molar-refractivity contribution is 0.0717. The number of carbonyl (C=O) groups is 1. The maximum Gasteiger partial charge on any atom is 0.317 e. The summed E-state index contributed by atoms with van der Waals surface area (Å²) in [5, 5.41) is 6.36. The Bertz CT molecular complexity index is 483. The van der Waals surface area contributed by atoms with E-state index in [1.165, 1.54) is 0 Å². The van der Waals surface area contributed by atoms with E-state index < -0.39 is 0 Å². The Labute approximate surface area is 131 Å². The number of piperidine rings is 1. The largest absolute Gasteiger partial charge is 0.467 e. The summed E-state index contributed by atoms with van der Waals surface area (Å²) in [4.78, 5) is 14.4. The van der Waals surface area contributed by atoms with Crippen LogP contribution in [0.15, 0.2) is 22.8 Å². The van der Waals surface area contributed by atoms with Crippen LogP contribution in [0, 0.1) is 11.3 Å². The minimum Gasteiger partial charge on any atom is -0.467 e. The third-order valence-electron chi connectivity index (χ3n) is 5.06. The summed E-state index contributed by atoms with van der Waals surface area (Å²) in [5.41, 5.74) is 0.212. The van der Waals surface area contributed by atoms with Gasteiger partial charge in [-0.15, -0.1) is 0 Å². The molecule has 2 amide bonds. The molecule has 3 heterocycles. The van der Waals surface area contributed by atoms with Crippen molar-refractivity contribution in [2.75, 3.05) is 39.9 Å². The predicted molar refractivity (Wildman–Crippen MR) is 82.4 cm³/mol. The van der Waals surface area contributed by atoms with Crippen LogP contribution in [-0.2, 0) is 11.3 Å². The van der Waals surface area contributed by atoms with Gasteiger partial charge in [0.1, 0.15) is 5.76 Å². The number of nitrogens with zero attached hydrogens (tertiary/aromatic N) is 1. The second-order valence-corrected chi connectivity index (χ2v) is 6.38. The highest BCUT2D eigenvalue weighted by Crippen LogP contribution is 2.43. The van der Waals surface area contributed by atoms with Gasteiger partial charge in [0.25, 0.3) is 0 Å². The van der Waals surface area contributed by atoms with Gasteiger partial charge >= 0.3 is 6.03 Å². The van der Waals surface area contributed by atoms with E-state index in [0.29, 0.717) is 12.5 Å². The smallest absolute Gasteiger partial charge is 0.317 e. The topological polar surface area (TPSA) is 66.7 Å². The molecule has 0 saturated carbocycles. The molecule has 0 aliphatic carbocycles. The number of likely N-dealkylation sites (tertiary alicyclic amines) is 1. The molecule has 1 unspecified atom stereocenters. The minimum absolute atomic E-state index is 0.00656. The summed E-state index contributed by atoms with van der Waals surface area (Å²) in [6, 6.07) is 3.69. The summed E-state index contributed by atoms with van der Waals surface area (Å²) < 4.78 is 10.7. The fourth-order valence-corrected chi connectivity index (χ4v) is 3.80. The lowest BCUT2D eigenvalue weighted by atomic mass is 9.71. The summed E-state index contributed by atoms with van der Waals surface area (Å²) in [5.74, 6) is 1.20. The molecule has 1 aromatic rings. The Kier molecular flexibility index (Phi) is 4.69. The summed E-state index contributed by atoms with van der Waals surface area (Å²) in [7, 11) is 1.74. The van der Waals surface area contributed by atoms with E-state index >= 15 is 0 Å². The van der Waals surface area contributed by atoms with Crippen molar-refractivity contribution in [2.24, 2.45) is 11.3 Å². The van der Waals surface area contributed by atoms with Crippen molar-refractivity contribution in [1.82, 2.24) is 15.5 Å². The Balaban J connectivity index is 1.61. The molecule has 122 valence electrons. The summed E-state index contributed by atoms with van der Waals surface area (Å²) >= 11 is 0. The Morgan fingerprint density at radius 3 is 3.05 bits per heavy atom. The number of rotatable bonds is 4. The monoisotopic (exact) mass is 307 g/mol. The fraction of sp³-hybridized carbons (Fsp3) is 0.688. The van der Waals surface area contributed by atoms with Crippen LogP contribution >= 0.6 is 0 Å². The molecule has 0 aromatic carbocycles. The molecule has 0 radical (unpaired) electrons. The van der Waals surface area contributed by atoms with Crippen molar-refractivity contribution >= 4 is 6.03 Å². The molecule has 0 bridgehead atoms. The molecule has 6 nitrogen and oxygen atoms in total. The maximum atomic E-state index is 12.4. The molecule has 1 spiro atoms. The van der Waals surface area contributed by atoms with Gasteiger partial charge in [0.15, 0.2) is 0 Å². The molecule has 2 fully saturated rings. The zero-order valence-corrected chi connectivity index (χ0v) is 13.1. The molecule has 1 aromatic heterocycles. The van der Waals surface area contributed by atoms with Gasteiger partial charge in [-0.2, -0.15) is 0 Å². The van der Waals surface area contributed by atoms with E-state index in [1.54, 1.807) is 13.4 Å². The number of amides is 2. The van der Waals surface area contributed by atoms with Gasteiger partial charge in [-0.25, -0.2) is 4.79 Å². The molecule has 22 heavy (non-hydrogen) atoms. The number of nitrogens with one attached hydrogen (secondary N) is 2. The molecule has 2 saturated heterocycles. The lowest BCUT2D eigenvalue weighted by Gasteiger charge is -2.38. The zero-order valence-electron chi connectivity index (χ0n) is 13.1. The second-order valence-electron chi connectivity index (χ2n) is 6.38. The first-order valence-electron chi connectivity index (χ1n) is 7.98. The van der Waals surface area contributed by atoms with Crippen LogP contribution < -0.4 is 10.6 Å². The summed E-state index contributed by atoms with van der Waals surface area (Å²) in [6.45, 7) is 4.82. The van der Waals surface area contributed by atoms with E-state index in [4.69, 9.17) is 9.15 Å². The van der Waals surface area contributed by atoms with Gasteiger partial charge in [0.05, 0.1) is 19.4 Å². The first-order valence-corrected chi connectivity index (χ1v) is 7.98. The molecular weight excluding hydrogens is 282 g/mol.